The van der Waals surface area contributed by atoms with E-state index >= 15 is 0 Å². The summed E-state index contributed by atoms with van der Waals surface area (Å²) in [6.07, 6.45) is 2.88. The summed E-state index contributed by atoms with van der Waals surface area (Å²) in [5.74, 6) is -0.250. The molecular weight excluding hydrogens is 281 g/mol. The zero-order valence-corrected chi connectivity index (χ0v) is 8.86. The van der Waals surface area contributed by atoms with Gasteiger partial charge in [-0.15, -0.1) is 0 Å². The van der Waals surface area contributed by atoms with Crippen molar-refractivity contribution in [2.24, 2.45) is 5.73 Å². The molecule has 0 aliphatic heterocycles. The van der Waals surface area contributed by atoms with Crippen molar-refractivity contribution in [2.75, 3.05) is 0 Å². The van der Waals surface area contributed by atoms with E-state index in [0.717, 1.165) is 9.13 Å². The highest BCUT2D eigenvalue weighted by Gasteiger charge is 1.96. The molecule has 0 aliphatic rings. The van der Waals surface area contributed by atoms with Crippen molar-refractivity contribution in [3.8, 4) is 5.75 Å². The number of hydrogen-bond donors (Lipinski definition) is 2. The second kappa shape index (κ2) is 4.27. The Kier molecular flexibility index (Phi) is 3.30. The molecular formula is C9H8INO2. The predicted octanol–water partition coefficient (Wildman–Crippen LogP) is 1.50. The Morgan fingerprint density at radius 3 is 2.77 bits per heavy atom. The number of hydrogen-bond acceptors (Lipinski definition) is 2. The van der Waals surface area contributed by atoms with E-state index in [-0.39, 0.29) is 5.75 Å². The molecule has 3 nitrogen and oxygen atoms in total. The quantitative estimate of drug-likeness (QED) is 0.640. The Labute approximate surface area is 89.4 Å². The molecule has 1 amide bonds. The molecule has 0 saturated heterocycles. The minimum absolute atomic E-state index is 0.233. The molecule has 0 aromatic heterocycles. The van der Waals surface area contributed by atoms with Gasteiger partial charge in [-0.2, -0.15) is 0 Å². The molecule has 0 saturated carbocycles. The number of amides is 1. The summed E-state index contributed by atoms with van der Waals surface area (Å²) in [4.78, 5) is 10.4. The van der Waals surface area contributed by atoms with Gasteiger partial charge in [0.2, 0.25) is 5.91 Å². The summed E-state index contributed by atoms with van der Waals surface area (Å²) in [6.45, 7) is 0. The van der Waals surface area contributed by atoms with Gasteiger partial charge in [-0.1, -0.05) is 6.07 Å². The first-order chi connectivity index (χ1) is 6.09. The third kappa shape index (κ3) is 3.06. The maximum atomic E-state index is 10.4. The summed E-state index contributed by atoms with van der Waals surface area (Å²) in [5, 5.41) is 9.20. The largest absolute Gasteiger partial charge is 0.507 e. The van der Waals surface area contributed by atoms with Crippen LogP contribution in [0.5, 0.6) is 5.75 Å². The smallest absolute Gasteiger partial charge is 0.241 e. The van der Waals surface area contributed by atoms with Gasteiger partial charge in [0.25, 0.3) is 0 Å². The lowest BCUT2D eigenvalue weighted by atomic mass is 10.2. The standard InChI is InChI=1S/C9H8INO2/c10-7-5-6(1-3-8(7)12)2-4-9(11)13/h1-5,12H,(H2,11,13)/b4-2+. The maximum Gasteiger partial charge on any atom is 0.241 e. The zero-order chi connectivity index (χ0) is 9.84. The van der Waals surface area contributed by atoms with E-state index in [9.17, 15) is 9.90 Å². The third-order valence-electron chi connectivity index (χ3n) is 1.41. The van der Waals surface area contributed by atoms with Crippen LogP contribution < -0.4 is 5.73 Å². The zero-order valence-electron chi connectivity index (χ0n) is 6.70. The fourth-order valence-electron chi connectivity index (χ4n) is 0.805. The van der Waals surface area contributed by atoms with Gasteiger partial charge in [-0.05, 0) is 46.4 Å². The lowest BCUT2D eigenvalue weighted by molar-refractivity contribution is -0.113. The molecule has 1 rings (SSSR count). The number of aromatic hydroxyl groups is 1. The second-order valence-electron chi connectivity index (χ2n) is 2.45. The van der Waals surface area contributed by atoms with Crippen molar-refractivity contribution in [1.82, 2.24) is 0 Å². The lowest BCUT2D eigenvalue weighted by Crippen LogP contribution is -2.05. The van der Waals surface area contributed by atoms with Gasteiger partial charge >= 0.3 is 0 Å². The van der Waals surface area contributed by atoms with E-state index < -0.39 is 5.91 Å². The van der Waals surface area contributed by atoms with Crippen LogP contribution in [0.3, 0.4) is 0 Å². The first-order valence-corrected chi connectivity index (χ1v) is 4.63. The van der Waals surface area contributed by atoms with Gasteiger partial charge in [0, 0.05) is 6.08 Å². The van der Waals surface area contributed by atoms with Crippen LogP contribution in [0, 0.1) is 3.57 Å². The number of nitrogens with two attached hydrogens (primary N) is 1. The minimum atomic E-state index is -0.483. The van der Waals surface area contributed by atoms with E-state index in [1.807, 2.05) is 22.6 Å². The topological polar surface area (TPSA) is 63.3 Å². The van der Waals surface area contributed by atoms with Gasteiger partial charge in [-0.25, -0.2) is 0 Å². The first kappa shape index (κ1) is 10.0. The van der Waals surface area contributed by atoms with Gasteiger partial charge in [-0.3, -0.25) is 4.79 Å². The third-order valence-corrected chi connectivity index (χ3v) is 2.28. The molecule has 0 fully saturated rings. The lowest BCUT2D eigenvalue weighted by Gasteiger charge is -1.97. The first-order valence-electron chi connectivity index (χ1n) is 3.55. The molecule has 0 heterocycles. The monoisotopic (exact) mass is 289 g/mol. The molecule has 4 heteroatoms. The molecule has 0 spiro atoms. The Morgan fingerprint density at radius 2 is 2.23 bits per heavy atom. The van der Waals surface area contributed by atoms with Crippen LogP contribution in [-0.4, -0.2) is 11.0 Å². The number of benzene rings is 1. The molecule has 0 radical (unpaired) electrons. The highest BCUT2D eigenvalue weighted by molar-refractivity contribution is 14.1. The van der Waals surface area contributed by atoms with Crippen molar-refractivity contribution in [3.63, 3.8) is 0 Å². The molecule has 1 aromatic carbocycles. The van der Waals surface area contributed by atoms with Crippen LogP contribution in [-0.2, 0) is 4.79 Å². The summed E-state index contributed by atoms with van der Waals surface area (Å²) in [7, 11) is 0. The van der Waals surface area contributed by atoms with Crippen LogP contribution in [0.4, 0.5) is 0 Å². The number of primary amides is 1. The van der Waals surface area contributed by atoms with E-state index in [0.29, 0.717) is 0 Å². The van der Waals surface area contributed by atoms with E-state index in [4.69, 9.17) is 5.73 Å². The number of carbonyl (C=O) groups is 1. The molecule has 13 heavy (non-hydrogen) atoms. The van der Waals surface area contributed by atoms with Crippen LogP contribution in [0.15, 0.2) is 24.3 Å². The Morgan fingerprint density at radius 1 is 1.54 bits per heavy atom. The number of halogens is 1. The molecule has 0 aliphatic carbocycles. The van der Waals surface area contributed by atoms with E-state index in [2.05, 4.69) is 0 Å². The molecule has 0 atom stereocenters. The minimum Gasteiger partial charge on any atom is -0.507 e. The fourth-order valence-corrected chi connectivity index (χ4v) is 1.34. The molecule has 0 unspecified atom stereocenters. The number of phenols is 1. The van der Waals surface area contributed by atoms with Crippen LogP contribution in [0.25, 0.3) is 6.08 Å². The number of carbonyl (C=O) groups excluding carboxylic acids is 1. The normalized spacial score (nSPS) is 10.5. The Bertz CT molecular complexity index is 361. The second-order valence-corrected chi connectivity index (χ2v) is 3.61. The average Bonchev–Trinajstić information content (AvgIpc) is 2.07. The van der Waals surface area contributed by atoms with Crippen molar-refractivity contribution in [1.29, 1.82) is 0 Å². The van der Waals surface area contributed by atoms with Crippen molar-refractivity contribution < 1.29 is 9.90 Å². The summed E-state index contributed by atoms with van der Waals surface area (Å²) < 4.78 is 0.740. The SMILES string of the molecule is NC(=O)/C=C/c1ccc(O)c(I)c1. The van der Waals surface area contributed by atoms with E-state index in [1.54, 1.807) is 24.3 Å². The molecule has 0 bridgehead atoms. The van der Waals surface area contributed by atoms with Gasteiger partial charge in [0.15, 0.2) is 0 Å². The van der Waals surface area contributed by atoms with Crippen molar-refractivity contribution in [2.45, 2.75) is 0 Å². The summed E-state index contributed by atoms with van der Waals surface area (Å²) in [6, 6.07) is 5.04. The number of rotatable bonds is 2. The summed E-state index contributed by atoms with van der Waals surface area (Å²) in [5.41, 5.74) is 5.77. The van der Waals surface area contributed by atoms with Gasteiger partial charge in [0.1, 0.15) is 5.75 Å². The Balaban J connectivity index is 2.92. The highest BCUT2D eigenvalue weighted by Crippen LogP contribution is 2.20. The fraction of sp³-hybridized carbons (Fsp3) is 0. The summed E-state index contributed by atoms with van der Waals surface area (Å²) >= 11 is 2.01. The molecule has 1 aromatic rings. The van der Waals surface area contributed by atoms with Gasteiger partial charge < -0.3 is 10.8 Å². The maximum absolute atomic E-state index is 10.4. The number of phenolic OH excluding ortho intramolecular Hbond substituents is 1. The highest BCUT2D eigenvalue weighted by atomic mass is 127. The van der Waals surface area contributed by atoms with E-state index in [1.165, 1.54) is 6.08 Å². The van der Waals surface area contributed by atoms with Crippen LogP contribution in [0.1, 0.15) is 5.56 Å². The van der Waals surface area contributed by atoms with Crippen molar-refractivity contribution in [3.05, 3.63) is 33.4 Å². The van der Waals surface area contributed by atoms with Crippen molar-refractivity contribution >= 4 is 34.6 Å². The molecule has 3 N–H and O–H groups in total. The predicted molar refractivity (Wildman–Crippen MR) is 59.1 cm³/mol. The van der Waals surface area contributed by atoms with Crippen LogP contribution in [0.2, 0.25) is 0 Å². The average molecular weight is 289 g/mol. The van der Waals surface area contributed by atoms with Crippen LogP contribution >= 0.6 is 22.6 Å². The molecule has 68 valence electrons. The van der Waals surface area contributed by atoms with Gasteiger partial charge in [0.05, 0.1) is 3.57 Å². The Hall–Kier alpha value is -1.04.